The highest BCUT2D eigenvalue weighted by atomic mass is 32.2. The molecule has 0 aromatic carbocycles. The van der Waals surface area contributed by atoms with Gasteiger partial charge in [0.1, 0.15) is 0 Å². The lowest BCUT2D eigenvalue weighted by molar-refractivity contribution is -0.136. The van der Waals surface area contributed by atoms with E-state index in [1.54, 1.807) is 0 Å². The smallest absolute Gasteiger partial charge is 0.346 e. The summed E-state index contributed by atoms with van der Waals surface area (Å²) in [6.45, 7) is 3.77. The Labute approximate surface area is 148 Å². The Kier molecular flexibility index (Phi) is 10.4. The zero-order valence-corrected chi connectivity index (χ0v) is 16.2. The lowest BCUT2D eigenvalue weighted by atomic mass is 10.1. The van der Waals surface area contributed by atoms with E-state index in [2.05, 4.69) is 0 Å². The van der Waals surface area contributed by atoms with Crippen molar-refractivity contribution in [1.82, 2.24) is 0 Å². The molecule has 10 heteroatoms. The van der Waals surface area contributed by atoms with Crippen molar-refractivity contribution in [2.45, 2.75) is 63.8 Å². The summed E-state index contributed by atoms with van der Waals surface area (Å²) >= 11 is 0. The maximum atomic E-state index is 11.1. The summed E-state index contributed by atoms with van der Waals surface area (Å²) < 4.78 is 42.0. The molecule has 8 nitrogen and oxygen atoms in total. The van der Waals surface area contributed by atoms with Gasteiger partial charge in [-0.05, 0) is 52.4 Å². The summed E-state index contributed by atoms with van der Waals surface area (Å²) in [4.78, 5) is 26.4. The third-order valence-corrected chi connectivity index (χ3v) is 7.19. The minimum Gasteiger partial charge on any atom is -0.481 e. The molecule has 4 N–H and O–H groups in total. The standard InChI is InChI=1S/C15H27O8PS/c1-12(7-5-8-13(2)10-11-14(16)17)6-3-4-9-15(24(18,19)20)25(21,22)23/h6,8,15H,3-5,7,9-11H2,1-2H3,(H,16,17)(H2,18,19,20)(H,21,22,23)/b12-6+,13-8+. The van der Waals surface area contributed by atoms with Gasteiger partial charge in [0.2, 0.25) is 0 Å². The van der Waals surface area contributed by atoms with Gasteiger partial charge in [-0.3, -0.25) is 13.9 Å². The van der Waals surface area contributed by atoms with E-state index in [0.29, 0.717) is 12.8 Å². The lowest BCUT2D eigenvalue weighted by Gasteiger charge is -2.14. The fourth-order valence-electron chi connectivity index (χ4n) is 2.19. The first-order valence-corrected chi connectivity index (χ1v) is 11.1. The van der Waals surface area contributed by atoms with Crippen LogP contribution in [0.4, 0.5) is 0 Å². The van der Waals surface area contributed by atoms with E-state index in [1.165, 1.54) is 0 Å². The first-order chi connectivity index (χ1) is 11.3. The second-order valence-electron chi connectivity index (χ2n) is 6.02. The van der Waals surface area contributed by atoms with Gasteiger partial charge < -0.3 is 14.9 Å². The summed E-state index contributed by atoms with van der Waals surface area (Å²) in [6.07, 6.45) is 6.31. The molecule has 0 amide bonds. The third-order valence-electron chi connectivity index (χ3n) is 3.63. The average molecular weight is 398 g/mol. The van der Waals surface area contributed by atoms with E-state index in [-0.39, 0.29) is 19.3 Å². The number of allylic oxidation sites excluding steroid dienone is 4. The molecule has 0 aromatic rings. The number of rotatable bonds is 12. The highest BCUT2D eigenvalue weighted by Gasteiger charge is 2.38. The van der Waals surface area contributed by atoms with Crippen molar-refractivity contribution in [3.05, 3.63) is 23.3 Å². The molecule has 0 fully saturated rings. The highest BCUT2D eigenvalue weighted by molar-refractivity contribution is 7.93. The average Bonchev–Trinajstić information content (AvgIpc) is 2.41. The minimum absolute atomic E-state index is 0.103. The van der Waals surface area contributed by atoms with Crippen LogP contribution in [0.15, 0.2) is 23.3 Å². The lowest BCUT2D eigenvalue weighted by Crippen LogP contribution is -2.20. The number of carboxylic acids is 1. The van der Waals surface area contributed by atoms with E-state index in [9.17, 15) is 17.8 Å². The molecular weight excluding hydrogens is 371 g/mol. The van der Waals surface area contributed by atoms with Crippen LogP contribution >= 0.6 is 7.60 Å². The largest absolute Gasteiger partial charge is 0.481 e. The summed E-state index contributed by atoms with van der Waals surface area (Å²) in [5.74, 6) is -0.831. The third kappa shape index (κ3) is 12.1. The van der Waals surface area contributed by atoms with Crippen LogP contribution in [-0.2, 0) is 19.5 Å². The van der Waals surface area contributed by atoms with Gasteiger partial charge in [0, 0.05) is 6.42 Å². The molecule has 0 aliphatic carbocycles. The van der Waals surface area contributed by atoms with Gasteiger partial charge in [-0.15, -0.1) is 0 Å². The van der Waals surface area contributed by atoms with Crippen molar-refractivity contribution >= 4 is 23.7 Å². The zero-order chi connectivity index (χ0) is 19.7. The SMILES string of the molecule is C/C(=C\CCCC(P(=O)(O)O)S(=O)(=O)O)CC/C=C(\C)CCC(=O)O. The van der Waals surface area contributed by atoms with Gasteiger partial charge in [-0.2, -0.15) is 8.42 Å². The Morgan fingerprint density at radius 1 is 1.04 bits per heavy atom. The van der Waals surface area contributed by atoms with Crippen molar-refractivity contribution in [2.75, 3.05) is 0 Å². The normalized spacial score (nSPS) is 15.2. The van der Waals surface area contributed by atoms with Crippen LogP contribution in [0.25, 0.3) is 0 Å². The predicted octanol–water partition coefficient (Wildman–Crippen LogP) is 3.09. The second kappa shape index (κ2) is 10.9. The fourth-order valence-corrected chi connectivity index (χ4v) is 4.56. The Morgan fingerprint density at radius 3 is 2.04 bits per heavy atom. The molecule has 0 bridgehead atoms. The van der Waals surface area contributed by atoms with Crippen LogP contribution in [0.5, 0.6) is 0 Å². The number of hydrogen-bond donors (Lipinski definition) is 4. The number of hydrogen-bond acceptors (Lipinski definition) is 4. The van der Waals surface area contributed by atoms with Gasteiger partial charge in [-0.25, -0.2) is 0 Å². The predicted molar refractivity (Wildman–Crippen MR) is 94.8 cm³/mol. The first-order valence-electron chi connectivity index (χ1n) is 7.88. The topological polar surface area (TPSA) is 149 Å². The molecule has 25 heavy (non-hydrogen) atoms. The Hall–Kier alpha value is -0.990. The quantitative estimate of drug-likeness (QED) is 0.170. The number of aliphatic carboxylic acids is 1. The minimum atomic E-state index is -4.91. The van der Waals surface area contributed by atoms with Crippen molar-refractivity contribution in [1.29, 1.82) is 0 Å². The van der Waals surface area contributed by atoms with E-state index in [4.69, 9.17) is 19.4 Å². The van der Waals surface area contributed by atoms with E-state index in [0.717, 1.165) is 24.0 Å². The van der Waals surface area contributed by atoms with Gasteiger partial charge in [0.15, 0.2) is 4.99 Å². The van der Waals surface area contributed by atoms with Gasteiger partial charge in [0.25, 0.3) is 10.1 Å². The van der Waals surface area contributed by atoms with Crippen LogP contribution in [0.3, 0.4) is 0 Å². The molecule has 0 aromatic heterocycles. The van der Waals surface area contributed by atoms with Gasteiger partial charge in [0.05, 0.1) is 0 Å². The monoisotopic (exact) mass is 398 g/mol. The number of carboxylic acid groups (broad SMARTS) is 1. The Morgan fingerprint density at radius 2 is 1.56 bits per heavy atom. The fraction of sp³-hybridized carbons (Fsp3) is 0.667. The van der Waals surface area contributed by atoms with Crippen molar-refractivity contribution in [2.24, 2.45) is 0 Å². The maximum absolute atomic E-state index is 11.1. The van der Waals surface area contributed by atoms with E-state index < -0.39 is 28.7 Å². The summed E-state index contributed by atoms with van der Waals surface area (Å²) in [5.41, 5.74) is 2.05. The van der Waals surface area contributed by atoms with Crippen LogP contribution in [-0.4, -0.2) is 38.8 Å². The highest BCUT2D eigenvalue weighted by Crippen LogP contribution is 2.46. The Bertz CT molecular complexity index is 644. The molecule has 0 saturated carbocycles. The molecule has 0 spiro atoms. The summed E-state index contributed by atoms with van der Waals surface area (Å²) in [6, 6.07) is 0. The molecule has 146 valence electrons. The van der Waals surface area contributed by atoms with Crippen LogP contribution in [0.1, 0.15) is 58.8 Å². The summed E-state index contributed by atoms with van der Waals surface area (Å²) in [7, 11) is -9.70. The number of carbonyl (C=O) groups is 1. The molecule has 0 heterocycles. The van der Waals surface area contributed by atoms with Crippen LogP contribution < -0.4 is 0 Å². The van der Waals surface area contributed by atoms with Crippen molar-refractivity contribution in [3.8, 4) is 0 Å². The molecule has 0 rings (SSSR count). The Balaban J connectivity index is 4.31. The zero-order valence-electron chi connectivity index (χ0n) is 14.5. The number of unbranched alkanes of at least 4 members (excludes halogenated alkanes) is 1. The molecule has 1 atom stereocenters. The first kappa shape index (κ1) is 24.0. The van der Waals surface area contributed by atoms with E-state index in [1.807, 2.05) is 26.0 Å². The van der Waals surface area contributed by atoms with Gasteiger partial charge in [-0.1, -0.05) is 23.3 Å². The van der Waals surface area contributed by atoms with Crippen molar-refractivity contribution < 1.29 is 37.2 Å². The van der Waals surface area contributed by atoms with Crippen LogP contribution in [0.2, 0.25) is 0 Å². The molecule has 1 unspecified atom stereocenters. The summed E-state index contributed by atoms with van der Waals surface area (Å²) in [5, 5.41) is 8.60. The molecule has 0 saturated heterocycles. The van der Waals surface area contributed by atoms with E-state index >= 15 is 0 Å². The second-order valence-corrected chi connectivity index (χ2v) is 9.77. The molecule has 0 aliphatic heterocycles. The molecule has 0 radical (unpaired) electrons. The van der Waals surface area contributed by atoms with Gasteiger partial charge >= 0.3 is 13.6 Å². The molecule has 0 aliphatic rings. The maximum Gasteiger partial charge on any atom is 0.346 e. The molecular formula is C15H27O8PS. The van der Waals surface area contributed by atoms with Crippen LogP contribution in [0, 0.1) is 0 Å². The van der Waals surface area contributed by atoms with Crippen molar-refractivity contribution in [3.63, 3.8) is 0 Å².